The van der Waals surface area contributed by atoms with E-state index in [0.29, 0.717) is 17.2 Å². The molecule has 1 aliphatic heterocycles. The summed E-state index contributed by atoms with van der Waals surface area (Å²) in [6.45, 7) is 0. The summed E-state index contributed by atoms with van der Waals surface area (Å²) in [5, 5.41) is 23.5. The van der Waals surface area contributed by atoms with E-state index < -0.39 is 28.2 Å². The second-order valence-electron chi connectivity index (χ2n) is 6.84. The third-order valence-electron chi connectivity index (χ3n) is 4.72. The Morgan fingerprint density at radius 3 is 2.30 bits per heavy atom. The first-order valence-corrected chi connectivity index (χ1v) is 9.97. The Morgan fingerprint density at radius 2 is 1.64 bits per heavy atom. The van der Waals surface area contributed by atoms with Gasteiger partial charge in [-0.25, -0.2) is 0 Å². The summed E-state index contributed by atoms with van der Waals surface area (Å²) in [6, 6.07) is 19.4. The van der Waals surface area contributed by atoms with Gasteiger partial charge in [-0.3, -0.25) is 29.9 Å². The molecule has 2 N–H and O–H groups in total. The lowest BCUT2D eigenvalue weighted by Crippen LogP contribution is -2.54. The van der Waals surface area contributed by atoms with Crippen molar-refractivity contribution in [3.8, 4) is 17.2 Å². The molecule has 164 valence electrons. The van der Waals surface area contributed by atoms with Gasteiger partial charge in [0.15, 0.2) is 5.11 Å². The van der Waals surface area contributed by atoms with Crippen molar-refractivity contribution in [3.63, 3.8) is 0 Å². The Balaban J connectivity index is 1.64. The lowest BCUT2D eigenvalue weighted by Gasteiger charge is -2.29. The van der Waals surface area contributed by atoms with Gasteiger partial charge in [-0.1, -0.05) is 30.3 Å². The van der Waals surface area contributed by atoms with E-state index in [1.54, 1.807) is 36.4 Å². The molecule has 3 aromatic rings. The smallest absolute Gasteiger partial charge is 0.311 e. The van der Waals surface area contributed by atoms with Gasteiger partial charge in [-0.15, -0.1) is 0 Å². The number of rotatable bonds is 5. The van der Waals surface area contributed by atoms with Crippen molar-refractivity contribution in [1.29, 1.82) is 0 Å². The molecule has 3 aromatic carbocycles. The van der Waals surface area contributed by atoms with Gasteiger partial charge in [0.05, 0.1) is 10.6 Å². The fourth-order valence-electron chi connectivity index (χ4n) is 3.15. The van der Waals surface area contributed by atoms with E-state index in [0.717, 1.165) is 17.0 Å². The number of anilines is 1. The normalized spacial score (nSPS) is 14.8. The number of amides is 2. The van der Waals surface area contributed by atoms with Crippen LogP contribution < -0.4 is 15.0 Å². The fraction of sp³-hybridized carbons (Fsp3) is 0. The molecular formula is C23H15N3O6S. The van der Waals surface area contributed by atoms with Crippen LogP contribution in [-0.4, -0.2) is 27.0 Å². The Kier molecular flexibility index (Phi) is 5.83. The van der Waals surface area contributed by atoms with Crippen molar-refractivity contribution in [2.45, 2.75) is 0 Å². The van der Waals surface area contributed by atoms with Crippen molar-refractivity contribution in [2.75, 3.05) is 4.90 Å². The number of phenolic OH excluding ortho intramolecular Hbond substituents is 1. The number of para-hydroxylation sites is 2. The van der Waals surface area contributed by atoms with E-state index in [-0.39, 0.29) is 16.2 Å². The SMILES string of the molecule is O=C1NC(=S)N(c2ccc(Oc3ccccc3)cc2)C(=O)C1=Cc1cccc([N+](=O)[O-])c1O. The third kappa shape index (κ3) is 4.41. The highest BCUT2D eigenvalue weighted by atomic mass is 32.1. The molecule has 0 aromatic heterocycles. The molecule has 9 nitrogen and oxygen atoms in total. The molecular weight excluding hydrogens is 446 g/mol. The van der Waals surface area contributed by atoms with E-state index in [2.05, 4.69) is 5.32 Å². The van der Waals surface area contributed by atoms with Crippen LogP contribution >= 0.6 is 12.2 Å². The number of hydrogen-bond acceptors (Lipinski definition) is 7. The molecule has 10 heteroatoms. The predicted molar refractivity (Wildman–Crippen MR) is 124 cm³/mol. The van der Waals surface area contributed by atoms with Crippen LogP contribution in [0.2, 0.25) is 0 Å². The summed E-state index contributed by atoms with van der Waals surface area (Å²) in [7, 11) is 0. The third-order valence-corrected chi connectivity index (χ3v) is 5.00. The van der Waals surface area contributed by atoms with E-state index in [1.165, 1.54) is 12.1 Å². The van der Waals surface area contributed by atoms with Crippen molar-refractivity contribution in [1.82, 2.24) is 5.32 Å². The van der Waals surface area contributed by atoms with Crippen molar-refractivity contribution in [2.24, 2.45) is 0 Å². The Hall–Kier alpha value is -4.57. The molecule has 1 heterocycles. The summed E-state index contributed by atoms with van der Waals surface area (Å²) in [4.78, 5) is 37.0. The molecule has 0 radical (unpaired) electrons. The molecule has 33 heavy (non-hydrogen) atoms. The summed E-state index contributed by atoms with van der Waals surface area (Å²) in [6.07, 6.45) is 1.08. The number of carbonyl (C=O) groups is 2. The Bertz CT molecular complexity index is 1310. The van der Waals surface area contributed by atoms with Crippen LogP contribution in [0.15, 0.2) is 78.4 Å². The van der Waals surface area contributed by atoms with Crippen molar-refractivity contribution >= 4 is 46.6 Å². The second kappa shape index (κ2) is 8.89. The van der Waals surface area contributed by atoms with Crippen LogP contribution in [0.25, 0.3) is 6.08 Å². The van der Waals surface area contributed by atoms with Gasteiger partial charge in [0.1, 0.15) is 17.1 Å². The van der Waals surface area contributed by atoms with Crippen LogP contribution in [0.5, 0.6) is 17.2 Å². The molecule has 1 aliphatic rings. The number of nitro benzene ring substituents is 1. The number of aromatic hydroxyl groups is 1. The molecule has 1 saturated heterocycles. The topological polar surface area (TPSA) is 122 Å². The highest BCUT2D eigenvalue weighted by molar-refractivity contribution is 7.80. The molecule has 4 rings (SSSR count). The summed E-state index contributed by atoms with van der Waals surface area (Å²) in [5.41, 5.74) is -0.569. The molecule has 1 fully saturated rings. The summed E-state index contributed by atoms with van der Waals surface area (Å²) >= 11 is 5.18. The van der Waals surface area contributed by atoms with Crippen LogP contribution in [0.3, 0.4) is 0 Å². The zero-order chi connectivity index (χ0) is 23.5. The highest BCUT2D eigenvalue weighted by Crippen LogP contribution is 2.32. The average molecular weight is 461 g/mol. The van der Waals surface area contributed by atoms with Crippen LogP contribution in [0, 0.1) is 10.1 Å². The number of phenols is 1. The number of benzene rings is 3. The number of hydrogen-bond donors (Lipinski definition) is 2. The lowest BCUT2D eigenvalue weighted by atomic mass is 10.1. The fourth-order valence-corrected chi connectivity index (χ4v) is 3.43. The van der Waals surface area contributed by atoms with Gasteiger partial charge in [0.25, 0.3) is 11.8 Å². The summed E-state index contributed by atoms with van der Waals surface area (Å²) < 4.78 is 5.74. The number of thiocarbonyl (C=S) groups is 1. The van der Waals surface area contributed by atoms with Crippen LogP contribution in [-0.2, 0) is 9.59 Å². The summed E-state index contributed by atoms with van der Waals surface area (Å²) in [5.74, 6) is -1.01. The zero-order valence-corrected chi connectivity index (χ0v) is 17.6. The first-order chi connectivity index (χ1) is 15.8. The molecule has 0 spiro atoms. The number of nitrogens with zero attached hydrogens (tertiary/aromatic N) is 2. The Morgan fingerprint density at radius 1 is 0.970 bits per heavy atom. The monoisotopic (exact) mass is 461 g/mol. The molecule has 2 amide bonds. The van der Waals surface area contributed by atoms with Gasteiger partial charge in [-0.05, 0) is 54.7 Å². The predicted octanol–water partition coefficient (Wildman–Crippen LogP) is 3.92. The average Bonchev–Trinajstić information content (AvgIpc) is 2.79. The van der Waals surface area contributed by atoms with Gasteiger partial charge in [0, 0.05) is 11.6 Å². The molecule has 0 aliphatic carbocycles. The highest BCUT2D eigenvalue weighted by Gasteiger charge is 2.35. The molecule has 0 saturated carbocycles. The van der Waals surface area contributed by atoms with E-state index in [1.807, 2.05) is 18.2 Å². The van der Waals surface area contributed by atoms with Gasteiger partial charge < -0.3 is 9.84 Å². The van der Waals surface area contributed by atoms with Gasteiger partial charge >= 0.3 is 5.69 Å². The van der Waals surface area contributed by atoms with Crippen molar-refractivity contribution < 1.29 is 24.4 Å². The minimum absolute atomic E-state index is 0.0536. The quantitative estimate of drug-likeness (QED) is 0.194. The minimum Gasteiger partial charge on any atom is -0.502 e. The largest absolute Gasteiger partial charge is 0.502 e. The maximum absolute atomic E-state index is 13.1. The number of ether oxygens (including phenoxy) is 1. The van der Waals surface area contributed by atoms with Gasteiger partial charge in [0.2, 0.25) is 5.75 Å². The first-order valence-electron chi connectivity index (χ1n) is 9.56. The standard InChI is InChI=1S/C23H15N3O6S/c27-20-14(5-4-8-19(20)26(30)31)13-18-21(28)24-23(33)25(22(18)29)15-9-11-17(12-10-15)32-16-6-2-1-3-7-16/h1-13,27H,(H,24,28,33). The number of nitrogens with one attached hydrogen (secondary N) is 1. The lowest BCUT2D eigenvalue weighted by molar-refractivity contribution is -0.385. The molecule has 0 bridgehead atoms. The van der Waals surface area contributed by atoms with E-state index in [4.69, 9.17) is 17.0 Å². The molecule has 0 atom stereocenters. The van der Waals surface area contributed by atoms with Gasteiger partial charge in [-0.2, -0.15) is 0 Å². The number of carbonyl (C=O) groups excluding carboxylic acids is 2. The maximum Gasteiger partial charge on any atom is 0.311 e. The van der Waals surface area contributed by atoms with E-state index >= 15 is 0 Å². The molecule has 0 unspecified atom stereocenters. The van der Waals surface area contributed by atoms with E-state index in [9.17, 15) is 24.8 Å². The Labute approximate surface area is 192 Å². The zero-order valence-electron chi connectivity index (χ0n) is 16.8. The van der Waals surface area contributed by atoms with Crippen LogP contribution in [0.1, 0.15) is 5.56 Å². The van der Waals surface area contributed by atoms with Crippen molar-refractivity contribution in [3.05, 3.63) is 94.0 Å². The minimum atomic E-state index is -0.781. The second-order valence-corrected chi connectivity index (χ2v) is 7.23. The first kappa shape index (κ1) is 21.7. The maximum atomic E-state index is 13.1. The number of nitro groups is 1. The van der Waals surface area contributed by atoms with Crippen LogP contribution in [0.4, 0.5) is 11.4 Å².